The molecule has 0 radical (unpaired) electrons. The lowest BCUT2D eigenvalue weighted by atomic mass is 10.2. The SMILES string of the molecule is CCCCCCN(N)C(=O)OCC[Si](C)(C)C. The first-order chi connectivity index (χ1) is 7.87. The Morgan fingerprint density at radius 3 is 2.41 bits per heavy atom. The van der Waals surface area contributed by atoms with Crippen molar-refractivity contribution in [3.8, 4) is 0 Å². The summed E-state index contributed by atoms with van der Waals surface area (Å²) in [5, 5.41) is 1.19. The van der Waals surface area contributed by atoms with E-state index in [9.17, 15) is 4.79 Å². The number of hydrazine groups is 1. The second kappa shape index (κ2) is 8.52. The van der Waals surface area contributed by atoms with Crippen molar-refractivity contribution in [3.63, 3.8) is 0 Å². The van der Waals surface area contributed by atoms with Gasteiger partial charge < -0.3 is 4.74 Å². The van der Waals surface area contributed by atoms with Crippen molar-refractivity contribution in [2.45, 2.75) is 58.3 Å². The Balaban J connectivity index is 3.60. The Labute approximate surface area is 106 Å². The summed E-state index contributed by atoms with van der Waals surface area (Å²) in [4.78, 5) is 11.5. The standard InChI is InChI=1S/C12H28N2O2Si/c1-5-6-7-8-9-14(13)12(15)16-10-11-17(2,3)4/h5-11,13H2,1-4H3. The van der Waals surface area contributed by atoms with Crippen molar-refractivity contribution in [3.05, 3.63) is 0 Å². The van der Waals surface area contributed by atoms with E-state index in [2.05, 4.69) is 26.6 Å². The second-order valence-corrected chi connectivity index (χ2v) is 11.3. The molecule has 0 saturated carbocycles. The summed E-state index contributed by atoms with van der Waals surface area (Å²) in [5.41, 5.74) is 0. The van der Waals surface area contributed by atoms with Crippen LogP contribution < -0.4 is 5.84 Å². The Bertz CT molecular complexity index is 217. The highest BCUT2D eigenvalue weighted by Crippen LogP contribution is 2.08. The lowest BCUT2D eigenvalue weighted by Gasteiger charge is -2.19. The van der Waals surface area contributed by atoms with Gasteiger partial charge in [0.15, 0.2) is 0 Å². The largest absolute Gasteiger partial charge is 0.449 e. The molecule has 0 aromatic rings. The fourth-order valence-electron chi connectivity index (χ4n) is 1.33. The Morgan fingerprint density at radius 1 is 1.24 bits per heavy atom. The predicted molar refractivity (Wildman–Crippen MR) is 74.5 cm³/mol. The molecule has 0 atom stereocenters. The molecule has 102 valence electrons. The van der Waals surface area contributed by atoms with E-state index in [0.717, 1.165) is 18.9 Å². The molecule has 0 aliphatic rings. The molecule has 2 N–H and O–H groups in total. The molecule has 0 rings (SSSR count). The molecule has 0 unspecified atom stereocenters. The fraction of sp³-hybridized carbons (Fsp3) is 0.917. The molecule has 0 saturated heterocycles. The number of amides is 1. The predicted octanol–water partition coefficient (Wildman–Crippen LogP) is 3.22. The van der Waals surface area contributed by atoms with Crippen molar-refractivity contribution >= 4 is 14.2 Å². The number of unbranched alkanes of at least 4 members (excludes halogenated alkanes) is 3. The molecule has 0 aromatic carbocycles. The van der Waals surface area contributed by atoms with Crippen LogP contribution >= 0.6 is 0 Å². The van der Waals surface area contributed by atoms with Crippen molar-refractivity contribution in [2.24, 2.45) is 5.84 Å². The highest BCUT2D eigenvalue weighted by molar-refractivity contribution is 6.76. The van der Waals surface area contributed by atoms with Crippen LogP contribution in [0.25, 0.3) is 0 Å². The number of nitrogens with zero attached hydrogens (tertiary/aromatic N) is 1. The van der Waals surface area contributed by atoms with Gasteiger partial charge in [-0.25, -0.2) is 15.6 Å². The van der Waals surface area contributed by atoms with Crippen LogP contribution in [-0.4, -0.2) is 32.3 Å². The van der Waals surface area contributed by atoms with E-state index in [4.69, 9.17) is 10.6 Å². The van der Waals surface area contributed by atoms with Gasteiger partial charge in [-0.3, -0.25) is 0 Å². The van der Waals surface area contributed by atoms with Gasteiger partial charge in [0.1, 0.15) is 0 Å². The molecule has 0 spiro atoms. The lowest BCUT2D eigenvalue weighted by Crippen LogP contribution is -2.39. The van der Waals surface area contributed by atoms with Gasteiger partial charge in [-0.15, -0.1) is 0 Å². The van der Waals surface area contributed by atoms with E-state index < -0.39 is 8.07 Å². The molecule has 0 heterocycles. The molecular weight excluding hydrogens is 232 g/mol. The minimum absolute atomic E-state index is 0.389. The van der Waals surface area contributed by atoms with Crippen LogP contribution in [0.4, 0.5) is 4.79 Å². The smallest absolute Gasteiger partial charge is 0.424 e. The van der Waals surface area contributed by atoms with Gasteiger partial charge in [0.05, 0.1) is 6.61 Å². The minimum Gasteiger partial charge on any atom is -0.449 e. The summed E-state index contributed by atoms with van der Waals surface area (Å²) in [5.74, 6) is 5.62. The third-order valence-electron chi connectivity index (χ3n) is 2.56. The van der Waals surface area contributed by atoms with E-state index >= 15 is 0 Å². The molecule has 5 heteroatoms. The molecule has 0 aromatic heterocycles. The zero-order valence-corrected chi connectivity index (χ0v) is 12.8. The maximum absolute atomic E-state index is 11.5. The zero-order chi connectivity index (χ0) is 13.3. The number of hydrogen-bond donors (Lipinski definition) is 1. The summed E-state index contributed by atoms with van der Waals surface area (Å²) in [6.45, 7) is 10.0. The van der Waals surface area contributed by atoms with E-state index in [1.54, 1.807) is 0 Å². The van der Waals surface area contributed by atoms with Crippen LogP contribution in [0.2, 0.25) is 25.7 Å². The molecule has 0 bridgehead atoms. The Hall–Kier alpha value is -0.553. The van der Waals surface area contributed by atoms with Crippen LogP contribution in [0.3, 0.4) is 0 Å². The highest BCUT2D eigenvalue weighted by atomic mass is 28.3. The summed E-state index contributed by atoms with van der Waals surface area (Å²) in [7, 11) is -1.13. The van der Waals surface area contributed by atoms with Crippen LogP contribution in [0, 0.1) is 0 Å². The van der Waals surface area contributed by atoms with Gasteiger partial charge >= 0.3 is 6.09 Å². The summed E-state index contributed by atoms with van der Waals surface area (Å²) in [6, 6.07) is 0.989. The number of carbonyl (C=O) groups is 1. The third-order valence-corrected chi connectivity index (χ3v) is 4.27. The first-order valence-corrected chi connectivity index (χ1v) is 10.3. The average Bonchev–Trinajstić information content (AvgIpc) is 2.22. The number of hydrogen-bond acceptors (Lipinski definition) is 3. The Morgan fingerprint density at radius 2 is 1.88 bits per heavy atom. The zero-order valence-electron chi connectivity index (χ0n) is 11.8. The normalized spacial score (nSPS) is 11.4. The molecule has 0 fully saturated rings. The first-order valence-electron chi connectivity index (χ1n) is 6.56. The van der Waals surface area contributed by atoms with Gasteiger partial charge in [0.25, 0.3) is 0 Å². The van der Waals surface area contributed by atoms with E-state index in [0.29, 0.717) is 13.2 Å². The average molecular weight is 260 g/mol. The quantitative estimate of drug-likeness (QED) is 0.240. The highest BCUT2D eigenvalue weighted by Gasteiger charge is 2.15. The third kappa shape index (κ3) is 10.3. The number of ether oxygens (including phenoxy) is 1. The molecule has 0 aliphatic carbocycles. The number of rotatable bonds is 8. The van der Waals surface area contributed by atoms with Crippen LogP contribution in [0.15, 0.2) is 0 Å². The number of nitrogens with two attached hydrogens (primary N) is 1. The molecular formula is C12H28N2O2Si. The Kier molecular flexibility index (Phi) is 8.25. The molecule has 1 amide bonds. The molecule has 4 nitrogen and oxygen atoms in total. The van der Waals surface area contributed by atoms with Crippen LogP contribution in [-0.2, 0) is 4.74 Å². The van der Waals surface area contributed by atoms with E-state index in [1.807, 2.05) is 0 Å². The van der Waals surface area contributed by atoms with Crippen molar-refractivity contribution < 1.29 is 9.53 Å². The second-order valence-electron chi connectivity index (χ2n) is 5.68. The maximum atomic E-state index is 11.5. The van der Waals surface area contributed by atoms with E-state index in [-0.39, 0.29) is 6.09 Å². The van der Waals surface area contributed by atoms with Gasteiger partial charge in [-0.1, -0.05) is 45.8 Å². The van der Waals surface area contributed by atoms with Gasteiger partial charge in [0, 0.05) is 14.6 Å². The van der Waals surface area contributed by atoms with Gasteiger partial charge in [-0.05, 0) is 12.5 Å². The van der Waals surface area contributed by atoms with Crippen molar-refractivity contribution in [1.82, 2.24) is 5.01 Å². The first kappa shape index (κ1) is 16.4. The molecule has 0 aliphatic heterocycles. The minimum atomic E-state index is -1.13. The maximum Gasteiger partial charge on any atom is 0.424 e. The monoisotopic (exact) mass is 260 g/mol. The van der Waals surface area contributed by atoms with Crippen LogP contribution in [0.1, 0.15) is 32.6 Å². The number of carbonyl (C=O) groups excluding carboxylic acids is 1. The summed E-state index contributed by atoms with van der Waals surface area (Å²) < 4.78 is 5.13. The summed E-state index contributed by atoms with van der Waals surface area (Å²) in [6.07, 6.45) is 4.06. The van der Waals surface area contributed by atoms with Crippen LogP contribution in [0.5, 0.6) is 0 Å². The van der Waals surface area contributed by atoms with Gasteiger partial charge in [-0.2, -0.15) is 0 Å². The summed E-state index contributed by atoms with van der Waals surface area (Å²) >= 11 is 0. The van der Waals surface area contributed by atoms with E-state index in [1.165, 1.54) is 17.9 Å². The topological polar surface area (TPSA) is 55.6 Å². The van der Waals surface area contributed by atoms with Gasteiger partial charge in [0.2, 0.25) is 0 Å². The molecule has 17 heavy (non-hydrogen) atoms. The lowest BCUT2D eigenvalue weighted by molar-refractivity contribution is 0.106. The fourth-order valence-corrected chi connectivity index (χ4v) is 2.04. The van der Waals surface area contributed by atoms with Crippen molar-refractivity contribution in [2.75, 3.05) is 13.2 Å². The van der Waals surface area contributed by atoms with Crippen molar-refractivity contribution in [1.29, 1.82) is 0 Å².